The highest BCUT2D eigenvalue weighted by atomic mass is 79.9. The Kier molecular flexibility index (Phi) is 5.60. The van der Waals surface area contributed by atoms with E-state index in [1.807, 2.05) is 24.3 Å². The van der Waals surface area contributed by atoms with Crippen molar-refractivity contribution in [3.05, 3.63) is 74.3 Å². The van der Waals surface area contributed by atoms with Gasteiger partial charge in [-0.15, -0.1) is 0 Å². The molecule has 2 unspecified atom stereocenters. The molecule has 0 bridgehead atoms. The normalized spacial score (nSPS) is 25.8. The minimum Gasteiger partial charge on any atom is -0.231 e. The number of carbonyl (C=O) groups excluding carboxylic acids is 2. The fourth-order valence-electron chi connectivity index (χ4n) is 4.82. The zero-order chi connectivity index (χ0) is 21.7. The molecule has 1 saturated heterocycles. The number of urea groups is 1. The number of hydrogen-bond donors (Lipinski definition) is 0. The Morgan fingerprint density at radius 1 is 1.17 bits per heavy atom. The van der Waals surface area contributed by atoms with Crippen LogP contribution >= 0.6 is 39.1 Å². The molecule has 2 aliphatic rings. The topological polar surface area (TPSA) is 37.4 Å². The SMILES string of the molecule is CC(=O)[N+]1(C)C(=O)N(c2cc(Cl)cc(Cl)c2)C2=CCCCC21Cc1ccc(Br)cc1. The number of fused-ring (bicyclic) bond motifs is 1. The van der Waals surface area contributed by atoms with Gasteiger partial charge in [0.15, 0.2) is 5.54 Å². The van der Waals surface area contributed by atoms with E-state index in [-0.39, 0.29) is 16.4 Å². The van der Waals surface area contributed by atoms with E-state index in [1.165, 1.54) is 6.92 Å². The van der Waals surface area contributed by atoms with Crippen molar-refractivity contribution in [2.45, 2.75) is 38.1 Å². The van der Waals surface area contributed by atoms with E-state index in [1.54, 1.807) is 30.1 Å². The van der Waals surface area contributed by atoms with Gasteiger partial charge in [0.2, 0.25) is 0 Å². The summed E-state index contributed by atoms with van der Waals surface area (Å²) in [7, 11) is 1.74. The summed E-state index contributed by atoms with van der Waals surface area (Å²) in [4.78, 5) is 28.5. The highest BCUT2D eigenvalue weighted by Gasteiger charge is 2.68. The Morgan fingerprint density at radius 2 is 1.80 bits per heavy atom. The van der Waals surface area contributed by atoms with Crippen LogP contribution in [0.25, 0.3) is 0 Å². The van der Waals surface area contributed by atoms with Gasteiger partial charge in [0.25, 0.3) is 0 Å². The molecule has 1 aliphatic heterocycles. The maximum absolute atomic E-state index is 13.9. The average molecular weight is 509 g/mol. The summed E-state index contributed by atoms with van der Waals surface area (Å²) in [6, 6.07) is 12.9. The lowest BCUT2D eigenvalue weighted by Crippen LogP contribution is -2.64. The van der Waals surface area contributed by atoms with Crippen molar-refractivity contribution in [2.24, 2.45) is 0 Å². The third-order valence-corrected chi connectivity index (χ3v) is 7.39. The van der Waals surface area contributed by atoms with Crippen molar-refractivity contribution >= 4 is 56.8 Å². The second-order valence-corrected chi connectivity index (χ2v) is 9.88. The molecular formula is C23H22BrCl2N2O2+. The number of rotatable bonds is 3. The van der Waals surface area contributed by atoms with Gasteiger partial charge >= 0.3 is 11.9 Å². The molecule has 3 amide bonds. The maximum atomic E-state index is 13.9. The molecule has 0 aromatic heterocycles. The zero-order valence-electron chi connectivity index (χ0n) is 16.8. The number of amides is 3. The second-order valence-electron chi connectivity index (χ2n) is 8.09. The van der Waals surface area contributed by atoms with Crippen molar-refractivity contribution in [1.82, 2.24) is 0 Å². The molecule has 0 radical (unpaired) electrons. The van der Waals surface area contributed by atoms with Crippen molar-refractivity contribution in [3.63, 3.8) is 0 Å². The number of carbonyl (C=O) groups is 2. The number of quaternary nitrogens is 1. The van der Waals surface area contributed by atoms with Crippen LogP contribution in [0.3, 0.4) is 0 Å². The van der Waals surface area contributed by atoms with Crippen LogP contribution in [0.2, 0.25) is 10.0 Å². The van der Waals surface area contributed by atoms with Crippen molar-refractivity contribution in [1.29, 1.82) is 0 Å². The largest absolute Gasteiger partial charge is 0.436 e. The summed E-state index contributed by atoms with van der Waals surface area (Å²) in [5.41, 5.74) is 1.85. The van der Waals surface area contributed by atoms with Crippen LogP contribution in [0.15, 0.2) is 58.7 Å². The summed E-state index contributed by atoms with van der Waals surface area (Å²) in [5, 5.41) is 0.897. The third kappa shape index (κ3) is 3.23. The number of benzene rings is 2. The van der Waals surface area contributed by atoms with E-state index in [2.05, 4.69) is 22.0 Å². The predicted molar refractivity (Wildman–Crippen MR) is 124 cm³/mol. The molecule has 1 heterocycles. The first-order valence-electron chi connectivity index (χ1n) is 9.83. The van der Waals surface area contributed by atoms with Gasteiger partial charge in [-0.25, -0.2) is 14.5 Å². The Balaban J connectivity index is 1.92. The van der Waals surface area contributed by atoms with Gasteiger partial charge in [0.1, 0.15) is 0 Å². The summed E-state index contributed by atoms with van der Waals surface area (Å²) in [6.07, 6.45) is 5.19. The second kappa shape index (κ2) is 7.79. The summed E-state index contributed by atoms with van der Waals surface area (Å²) in [5.74, 6) is -0.180. The standard InChI is InChI=1S/C23H22BrCl2N2O2/c1-15(29)28(2)22(30)27(20-12-18(25)11-19(26)13-20)21-5-3-4-10-23(21,28)14-16-6-8-17(24)9-7-16/h5-9,11-13H,3-4,10,14H2,1-2H3/q+1. The lowest BCUT2D eigenvalue weighted by Gasteiger charge is -2.41. The average Bonchev–Trinajstić information content (AvgIpc) is 2.88. The van der Waals surface area contributed by atoms with Gasteiger partial charge in [-0.1, -0.05) is 57.3 Å². The van der Waals surface area contributed by atoms with Gasteiger partial charge < -0.3 is 0 Å². The summed E-state index contributed by atoms with van der Waals surface area (Å²) >= 11 is 16.0. The van der Waals surface area contributed by atoms with E-state index in [9.17, 15) is 9.59 Å². The van der Waals surface area contributed by atoms with Crippen LogP contribution in [-0.2, 0) is 11.2 Å². The number of anilines is 1. The molecular weight excluding hydrogens is 487 g/mol. The minimum atomic E-state index is -0.677. The molecule has 0 saturated carbocycles. The first-order chi connectivity index (χ1) is 14.2. The number of imide groups is 1. The molecule has 4 nitrogen and oxygen atoms in total. The first kappa shape index (κ1) is 21.6. The van der Waals surface area contributed by atoms with Gasteiger partial charge in [0.05, 0.1) is 25.4 Å². The van der Waals surface area contributed by atoms with Crippen LogP contribution in [-0.4, -0.2) is 29.0 Å². The van der Waals surface area contributed by atoms with Gasteiger partial charge in [-0.3, -0.25) is 0 Å². The molecule has 1 aliphatic carbocycles. The number of hydrogen-bond acceptors (Lipinski definition) is 2. The van der Waals surface area contributed by atoms with Gasteiger partial charge in [-0.2, -0.15) is 4.48 Å². The van der Waals surface area contributed by atoms with Crippen molar-refractivity contribution in [2.75, 3.05) is 11.9 Å². The highest BCUT2D eigenvalue weighted by molar-refractivity contribution is 9.10. The predicted octanol–water partition coefficient (Wildman–Crippen LogP) is 6.74. The van der Waals surface area contributed by atoms with E-state index >= 15 is 0 Å². The van der Waals surface area contributed by atoms with E-state index < -0.39 is 5.54 Å². The van der Waals surface area contributed by atoms with Crippen LogP contribution in [0, 0.1) is 0 Å². The minimum absolute atomic E-state index is 0.180. The molecule has 0 N–H and O–H groups in total. The van der Waals surface area contributed by atoms with Crippen LogP contribution in [0.5, 0.6) is 0 Å². The van der Waals surface area contributed by atoms with Crippen LogP contribution in [0.1, 0.15) is 31.7 Å². The fraction of sp³-hybridized carbons (Fsp3) is 0.304. The maximum Gasteiger partial charge on any atom is 0.436 e. The molecule has 0 spiro atoms. The Labute approximate surface area is 194 Å². The summed E-state index contributed by atoms with van der Waals surface area (Å²) in [6.45, 7) is 1.50. The van der Waals surface area contributed by atoms with Crippen molar-refractivity contribution in [3.8, 4) is 0 Å². The lowest BCUT2D eigenvalue weighted by atomic mass is 9.77. The number of nitrogens with zero attached hydrogens (tertiary/aromatic N) is 2. The molecule has 2 atom stereocenters. The van der Waals surface area contributed by atoms with E-state index in [0.717, 1.165) is 35.0 Å². The van der Waals surface area contributed by atoms with Crippen molar-refractivity contribution < 1.29 is 14.1 Å². The highest BCUT2D eigenvalue weighted by Crippen LogP contribution is 2.51. The van der Waals surface area contributed by atoms with Gasteiger partial charge in [0, 0.05) is 27.4 Å². The lowest BCUT2D eigenvalue weighted by molar-refractivity contribution is -0.796. The molecule has 2 aromatic carbocycles. The number of allylic oxidation sites excluding steroid dienone is 1. The molecule has 30 heavy (non-hydrogen) atoms. The molecule has 4 rings (SSSR count). The Morgan fingerprint density at radius 3 is 2.40 bits per heavy atom. The third-order valence-electron chi connectivity index (χ3n) is 6.42. The summed E-state index contributed by atoms with van der Waals surface area (Å²) < 4.78 is 0.684. The molecule has 2 aromatic rings. The number of likely N-dealkylation sites (N-methyl/N-ethyl adjacent to an activating group) is 1. The van der Waals surface area contributed by atoms with Crippen LogP contribution < -0.4 is 4.90 Å². The Bertz CT molecular complexity index is 1050. The van der Waals surface area contributed by atoms with E-state index in [0.29, 0.717) is 22.2 Å². The quantitative estimate of drug-likeness (QED) is 0.430. The first-order valence-corrected chi connectivity index (χ1v) is 11.4. The molecule has 7 heteroatoms. The van der Waals surface area contributed by atoms with Crippen LogP contribution in [0.4, 0.5) is 10.5 Å². The van der Waals surface area contributed by atoms with Gasteiger partial charge in [-0.05, 0) is 48.7 Å². The monoisotopic (exact) mass is 507 g/mol. The molecule has 156 valence electrons. The fourth-order valence-corrected chi connectivity index (χ4v) is 5.60. The zero-order valence-corrected chi connectivity index (χ0v) is 19.9. The Hall–Kier alpha value is -1.66. The van der Waals surface area contributed by atoms with E-state index in [4.69, 9.17) is 23.2 Å². The smallest absolute Gasteiger partial charge is 0.231 e. The number of halogens is 3. The molecule has 1 fully saturated rings.